The van der Waals surface area contributed by atoms with Crippen molar-refractivity contribution in [2.24, 2.45) is 10.3 Å². The summed E-state index contributed by atoms with van der Waals surface area (Å²) in [5.41, 5.74) is -0.504. The van der Waals surface area contributed by atoms with Crippen LogP contribution in [0.25, 0.3) is 0 Å². The van der Waals surface area contributed by atoms with Crippen LogP contribution in [0.4, 0.5) is 0 Å². The summed E-state index contributed by atoms with van der Waals surface area (Å²) in [5.74, 6) is -0.824. The van der Waals surface area contributed by atoms with Gasteiger partial charge in [0.05, 0.1) is 6.61 Å². The Kier molecular flexibility index (Phi) is 4.43. The maximum atomic E-state index is 10.9. The van der Waals surface area contributed by atoms with Gasteiger partial charge in [0.2, 0.25) is 5.71 Å². The van der Waals surface area contributed by atoms with Crippen molar-refractivity contribution in [3.8, 4) is 0 Å². The van der Waals surface area contributed by atoms with Crippen LogP contribution >= 0.6 is 0 Å². The molecule has 0 aliphatic carbocycles. The minimum absolute atomic E-state index is 0.101. The van der Waals surface area contributed by atoms with Crippen LogP contribution in [-0.2, 0) is 9.53 Å². The normalized spacial score (nSPS) is 12.8. The van der Waals surface area contributed by atoms with Crippen molar-refractivity contribution in [1.29, 1.82) is 0 Å². The smallest absolute Gasteiger partial charge is 0.362 e. The molecule has 0 rings (SSSR count). The molecule has 0 amide bonds. The summed E-state index contributed by atoms with van der Waals surface area (Å²) in [7, 11) is 0. The average Bonchev–Trinajstić information content (AvgIpc) is 2.06. The topological polar surface area (TPSA) is 91.5 Å². The number of nitrogens with zero attached hydrogens (tertiary/aromatic N) is 2. The van der Waals surface area contributed by atoms with E-state index in [0.717, 1.165) is 0 Å². The monoisotopic (exact) mass is 174 g/mol. The molecular formula is C6H10N2O4. The van der Waals surface area contributed by atoms with E-state index in [-0.39, 0.29) is 12.3 Å². The van der Waals surface area contributed by atoms with Crippen LogP contribution < -0.4 is 0 Å². The SMILES string of the molecule is CCOC(=O)C(=N/O)/C(C)=N/O. The van der Waals surface area contributed by atoms with Gasteiger partial charge < -0.3 is 15.2 Å². The first-order valence-electron chi connectivity index (χ1n) is 3.25. The van der Waals surface area contributed by atoms with Crippen molar-refractivity contribution in [2.45, 2.75) is 13.8 Å². The van der Waals surface area contributed by atoms with Crippen molar-refractivity contribution in [1.82, 2.24) is 0 Å². The van der Waals surface area contributed by atoms with Crippen LogP contribution in [0.2, 0.25) is 0 Å². The van der Waals surface area contributed by atoms with E-state index in [4.69, 9.17) is 10.4 Å². The molecule has 0 radical (unpaired) electrons. The minimum Gasteiger partial charge on any atom is -0.461 e. The summed E-state index contributed by atoms with van der Waals surface area (Å²) in [6.45, 7) is 3.08. The van der Waals surface area contributed by atoms with Crippen LogP contribution in [-0.4, -0.2) is 34.4 Å². The molecule has 0 spiro atoms. The summed E-state index contributed by atoms with van der Waals surface area (Å²) < 4.78 is 4.50. The molecule has 0 aromatic carbocycles. The molecule has 0 saturated carbocycles. The molecule has 0 aromatic heterocycles. The van der Waals surface area contributed by atoms with Crippen molar-refractivity contribution in [2.75, 3.05) is 6.61 Å². The van der Waals surface area contributed by atoms with Gasteiger partial charge in [-0.05, 0) is 13.8 Å². The maximum absolute atomic E-state index is 10.9. The lowest BCUT2D eigenvalue weighted by atomic mass is 10.2. The van der Waals surface area contributed by atoms with Gasteiger partial charge in [0.1, 0.15) is 5.71 Å². The van der Waals surface area contributed by atoms with Gasteiger partial charge in [-0.1, -0.05) is 10.3 Å². The Bertz CT molecular complexity index is 222. The van der Waals surface area contributed by atoms with E-state index in [0.29, 0.717) is 0 Å². The third-order valence-corrected chi connectivity index (χ3v) is 1.06. The standard InChI is InChI=1S/C6H10N2O4/c1-3-12-6(9)5(8-11)4(2)7-10/h10-11H,3H2,1-2H3/b7-4+,8-5+. The third kappa shape index (κ3) is 2.57. The van der Waals surface area contributed by atoms with E-state index in [1.54, 1.807) is 6.92 Å². The lowest BCUT2D eigenvalue weighted by Gasteiger charge is -2.00. The first-order chi connectivity index (χ1) is 5.67. The fraction of sp³-hybridized carbons (Fsp3) is 0.500. The fourth-order valence-electron chi connectivity index (χ4n) is 0.508. The van der Waals surface area contributed by atoms with Gasteiger partial charge in [-0.2, -0.15) is 0 Å². The molecule has 0 saturated heterocycles. The minimum atomic E-state index is -0.824. The molecular weight excluding hydrogens is 164 g/mol. The molecule has 0 unspecified atom stereocenters. The quantitative estimate of drug-likeness (QED) is 0.277. The number of esters is 1. The number of rotatable bonds is 3. The van der Waals surface area contributed by atoms with Gasteiger partial charge in [0.15, 0.2) is 0 Å². The van der Waals surface area contributed by atoms with E-state index in [2.05, 4.69) is 15.0 Å². The highest BCUT2D eigenvalue weighted by atomic mass is 16.5. The van der Waals surface area contributed by atoms with Crippen molar-refractivity contribution >= 4 is 17.4 Å². The second kappa shape index (κ2) is 5.11. The zero-order chi connectivity index (χ0) is 9.56. The van der Waals surface area contributed by atoms with Crippen molar-refractivity contribution in [3.05, 3.63) is 0 Å². The molecule has 0 aliphatic heterocycles. The third-order valence-electron chi connectivity index (χ3n) is 1.06. The maximum Gasteiger partial charge on any atom is 0.362 e. The molecule has 12 heavy (non-hydrogen) atoms. The molecule has 0 aliphatic rings. The van der Waals surface area contributed by atoms with Crippen LogP contribution in [0.15, 0.2) is 10.3 Å². The van der Waals surface area contributed by atoms with Gasteiger partial charge in [-0.25, -0.2) is 4.79 Å². The summed E-state index contributed by atoms with van der Waals surface area (Å²) in [6.07, 6.45) is 0. The van der Waals surface area contributed by atoms with Crippen molar-refractivity contribution < 1.29 is 19.9 Å². The summed E-state index contributed by atoms with van der Waals surface area (Å²) >= 11 is 0. The molecule has 2 N–H and O–H groups in total. The Balaban J connectivity index is 4.48. The van der Waals surface area contributed by atoms with Crippen LogP contribution in [0, 0.1) is 0 Å². The Labute approximate surface area is 69.1 Å². The molecule has 6 heteroatoms. The highest BCUT2D eigenvalue weighted by Gasteiger charge is 2.16. The van der Waals surface area contributed by atoms with Crippen molar-refractivity contribution in [3.63, 3.8) is 0 Å². The highest BCUT2D eigenvalue weighted by molar-refractivity contribution is 6.65. The Morgan fingerprint density at radius 1 is 1.42 bits per heavy atom. The largest absolute Gasteiger partial charge is 0.461 e. The predicted octanol–water partition coefficient (Wildman–Crippen LogP) is 0.230. The van der Waals surface area contributed by atoms with Gasteiger partial charge >= 0.3 is 5.97 Å². The van der Waals surface area contributed by atoms with Crippen LogP contribution in [0.3, 0.4) is 0 Å². The molecule has 0 bridgehead atoms. The van der Waals surface area contributed by atoms with Gasteiger partial charge in [-0.15, -0.1) is 0 Å². The average molecular weight is 174 g/mol. The predicted molar refractivity (Wildman–Crippen MR) is 40.8 cm³/mol. The van der Waals surface area contributed by atoms with Gasteiger partial charge in [0, 0.05) is 0 Å². The van der Waals surface area contributed by atoms with E-state index in [1.807, 2.05) is 0 Å². The van der Waals surface area contributed by atoms with E-state index in [1.165, 1.54) is 6.92 Å². The Morgan fingerprint density at radius 3 is 2.33 bits per heavy atom. The lowest BCUT2D eigenvalue weighted by Crippen LogP contribution is -2.24. The van der Waals surface area contributed by atoms with E-state index < -0.39 is 11.7 Å². The second-order valence-corrected chi connectivity index (χ2v) is 1.85. The zero-order valence-corrected chi connectivity index (χ0v) is 6.81. The summed E-state index contributed by atoms with van der Waals surface area (Å²) in [5, 5.41) is 21.9. The van der Waals surface area contributed by atoms with E-state index in [9.17, 15) is 4.79 Å². The first-order valence-corrected chi connectivity index (χ1v) is 3.25. The molecule has 0 fully saturated rings. The number of hydrogen-bond donors (Lipinski definition) is 2. The number of carbonyl (C=O) groups excluding carboxylic acids is 1. The second-order valence-electron chi connectivity index (χ2n) is 1.85. The van der Waals surface area contributed by atoms with Crippen LogP contribution in [0.5, 0.6) is 0 Å². The van der Waals surface area contributed by atoms with E-state index >= 15 is 0 Å². The number of hydrogen-bond acceptors (Lipinski definition) is 6. The highest BCUT2D eigenvalue weighted by Crippen LogP contribution is 1.88. The number of ether oxygens (including phenoxy) is 1. The lowest BCUT2D eigenvalue weighted by molar-refractivity contribution is -0.134. The number of oxime groups is 2. The first kappa shape index (κ1) is 10.4. The summed E-state index contributed by atoms with van der Waals surface area (Å²) in [6, 6.07) is 0. The Hall–Kier alpha value is -1.59. The van der Waals surface area contributed by atoms with Gasteiger partial charge in [0.25, 0.3) is 0 Å². The molecule has 0 aromatic rings. The summed E-state index contributed by atoms with van der Waals surface area (Å²) in [4.78, 5) is 10.9. The van der Waals surface area contributed by atoms with Crippen LogP contribution in [0.1, 0.15) is 13.8 Å². The number of carbonyl (C=O) groups is 1. The molecule has 68 valence electrons. The fourth-order valence-corrected chi connectivity index (χ4v) is 0.508. The molecule has 0 heterocycles. The molecule has 6 nitrogen and oxygen atoms in total. The Morgan fingerprint density at radius 2 is 2.00 bits per heavy atom. The van der Waals surface area contributed by atoms with Gasteiger partial charge in [-0.3, -0.25) is 0 Å². The zero-order valence-electron chi connectivity index (χ0n) is 6.81. The molecule has 0 atom stereocenters.